The molecular formula is C20H23F3N6O. The van der Waals surface area contributed by atoms with Gasteiger partial charge in [0, 0.05) is 62.3 Å². The standard InChI is InChI=1S/C20H23F3N6O/c21-20(22,23)13-1-2-17(25-10-13)26-18-8-15(29-12-14-7-16(29)11-24-14)9-19(27-18)28-3-5-30-6-4-28/h1-2,8-10,14,16,24H,3-7,11-12H2,(H,25,26,27). The summed E-state index contributed by atoms with van der Waals surface area (Å²) in [5, 5.41) is 6.58. The van der Waals surface area contributed by atoms with E-state index in [9.17, 15) is 13.2 Å². The first-order chi connectivity index (χ1) is 14.5. The highest BCUT2D eigenvalue weighted by Gasteiger charge is 2.38. The van der Waals surface area contributed by atoms with E-state index in [1.165, 1.54) is 6.07 Å². The third-order valence-electron chi connectivity index (χ3n) is 5.87. The monoisotopic (exact) mass is 420 g/mol. The number of morpholine rings is 1. The summed E-state index contributed by atoms with van der Waals surface area (Å²) in [6.07, 6.45) is -2.45. The van der Waals surface area contributed by atoms with Crippen LogP contribution in [0.4, 0.5) is 36.3 Å². The van der Waals surface area contributed by atoms with Gasteiger partial charge in [-0.05, 0) is 18.6 Å². The zero-order chi connectivity index (χ0) is 20.7. The van der Waals surface area contributed by atoms with Crippen molar-refractivity contribution in [2.45, 2.75) is 24.7 Å². The SMILES string of the molecule is FC(F)(F)c1ccc(Nc2cc(N3CC4CC3CN4)cc(N3CCOCC3)n2)nc1. The maximum Gasteiger partial charge on any atom is 0.417 e. The molecule has 0 amide bonds. The Morgan fingerprint density at radius 3 is 2.60 bits per heavy atom. The Morgan fingerprint density at radius 2 is 1.97 bits per heavy atom. The van der Waals surface area contributed by atoms with E-state index in [2.05, 4.69) is 31.5 Å². The molecule has 0 aliphatic carbocycles. The highest BCUT2D eigenvalue weighted by atomic mass is 19.4. The molecule has 2 unspecified atom stereocenters. The van der Waals surface area contributed by atoms with Gasteiger partial charge in [0.25, 0.3) is 0 Å². The zero-order valence-electron chi connectivity index (χ0n) is 16.3. The molecule has 160 valence electrons. The fourth-order valence-electron chi connectivity index (χ4n) is 4.33. The smallest absolute Gasteiger partial charge is 0.378 e. The number of rotatable bonds is 4. The van der Waals surface area contributed by atoms with Crippen molar-refractivity contribution in [3.8, 4) is 0 Å². The van der Waals surface area contributed by atoms with E-state index in [1.807, 2.05) is 6.07 Å². The fraction of sp³-hybridized carbons (Fsp3) is 0.500. The molecule has 0 spiro atoms. The van der Waals surface area contributed by atoms with Crippen molar-refractivity contribution in [2.24, 2.45) is 0 Å². The van der Waals surface area contributed by atoms with Crippen LogP contribution in [0.1, 0.15) is 12.0 Å². The van der Waals surface area contributed by atoms with Crippen LogP contribution in [0.5, 0.6) is 0 Å². The Bertz CT molecular complexity index is 900. The van der Waals surface area contributed by atoms with Crippen molar-refractivity contribution in [2.75, 3.05) is 54.5 Å². The summed E-state index contributed by atoms with van der Waals surface area (Å²) in [5.41, 5.74) is 0.291. The summed E-state index contributed by atoms with van der Waals surface area (Å²) >= 11 is 0. The quantitative estimate of drug-likeness (QED) is 0.788. The number of anilines is 4. The van der Waals surface area contributed by atoms with Crippen molar-refractivity contribution in [3.05, 3.63) is 36.0 Å². The van der Waals surface area contributed by atoms with E-state index in [0.29, 0.717) is 36.9 Å². The van der Waals surface area contributed by atoms with Crippen LogP contribution in [-0.4, -0.2) is 61.4 Å². The Hall–Kier alpha value is -2.59. The number of alkyl halides is 3. The van der Waals surface area contributed by atoms with Crippen LogP contribution in [0.3, 0.4) is 0 Å². The zero-order valence-corrected chi connectivity index (χ0v) is 16.3. The minimum absolute atomic E-state index is 0.324. The number of hydrogen-bond acceptors (Lipinski definition) is 7. The molecule has 3 saturated heterocycles. The third kappa shape index (κ3) is 3.89. The summed E-state index contributed by atoms with van der Waals surface area (Å²) in [5.74, 6) is 1.73. The molecule has 5 heterocycles. The molecule has 2 bridgehead atoms. The molecule has 0 saturated carbocycles. The highest BCUT2D eigenvalue weighted by Crippen LogP contribution is 2.34. The number of pyridine rings is 2. The number of fused-ring (bicyclic) bond motifs is 2. The number of hydrogen-bond donors (Lipinski definition) is 2. The van der Waals surface area contributed by atoms with Crippen LogP contribution in [0.2, 0.25) is 0 Å². The maximum atomic E-state index is 12.8. The number of nitrogens with zero attached hydrogens (tertiary/aromatic N) is 4. The van der Waals surface area contributed by atoms with Crippen molar-refractivity contribution < 1.29 is 17.9 Å². The highest BCUT2D eigenvalue weighted by molar-refractivity contribution is 5.66. The van der Waals surface area contributed by atoms with Gasteiger partial charge >= 0.3 is 6.18 Å². The predicted molar refractivity (Wildman–Crippen MR) is 107 cm³/mol. The fourth-order valence-corrected chi connectivity index (χ4v) is 4.33. The Morgan fingerprint density at radius 1 is 1.13 bits per heavy atom. The number of aromatic nitrogens is 2. The van der Waals surface area contributed by atoms with Crippen LogP contribution in [-0.2, 0) is 10.9 Å². The molecule has 2 atom stereocenters. The van der Waals surface area contributed by atoms with Gasteiger partial charge in [0.15, 0.2) is 0 Å². The van der Waals surface area contributed by atoms with Gasteiger partial charge in [-0.3, -0.25) is 0 Å². The number of halogens is 3. The Labute approximate surface area is 172 Å². The third-order valence-corrected chi connectivity index (χ3v) is 5.87. The van der Waals surface area contributed by atoms with Gasteiger partial charge in [-0.15, -0.1) is 0 Å². The molecule has 2 N–H and O–H groups in total. The first-order valence-electron chi connectivity index (χ1n) is 10.1. The minimum Gasteiger partial charge on any atom is -0.378 e. The predicted octanol–water partition coefficient (Wildman–Crippen LogP) is 2.63. The second-order valence-corrected chi connectivity index (χ2v) is 7.87. The average Bonchev–Trinajstić information content (AvgIpc) is 3.38. The van der Waals surface area contributed by atoms with Crippen LogP contribution in [0.25, 0.3) is 0 Å². The van der Waals surface area contributed by atoms with Crippen molar-refractivity contribution in [1.29, 1.82) is 0 Å². The molecule has 30 heavy (non-hydrogen) atoms. The van der Waals surface area contributed by atoms with Gasteiger partial charge in [-0.2, -0.15) is 13.2 Å². The molecular weight excluding hydrogens is 397 g/mol. The lowest BCUT2D eigenvalue weighted by Gasteiger charge is -2.32. The van der Waals surface area contributed by atoms with Gasteiger partial charge < -0.3 is 25.2 Å². The molecule has 0 radical (unpaired) electrons. The van der Waals surface area contributed by atoms with Crippen molar-refractivity contribution in [3.63, 3.8) is 0 Å². The number of piperazine rings is 1. The summed E-state index contributed by atoms with van der Waals surface area (Å²) in [6, 6.07) is 7.34. The van der Waals surface area contributed by atoms with E-state index in [-0.39, 0.29) is 0 Å². The van der Waals surface area contributed by atoms with Gasteiger partial charge in [-0.1, -0.05) is 0 Å². The van der Waals surface area contributed by atoms with Gasteiger partial charge in [0.1, 0.15) is 17.5 Å². The molecule has 0 aromatic carbocycles. The largest absolute Gasteiger partial charge is 0.417 e. The first-order valence-corrected chi connectivity index (χ1v) is 10.1. The van der Waals surface area contributed by atoms with Crippen molar-refractivity contribution in [1.82, 2.24) is 15.3 Å². The minimum atomic E-state index is -4.41. The van der Waals surface area contributed by atoms with Gasteiger partial charge in [-0.25, -0.2) is 9.97 Å². The summed E-state index contributed by atoms with van der Waals surface area (Å²) in [7, 11) is 0. The van der Waals surface area contributed by atoms with E-state index >= 15 is 0 Å². The molecule has 10 heteroatoms. The summed E-state index contributed by atoms with van der Waals surface area (Å²) in [6.45, 7) is 4.70. The second kappa shape index (κ2) is 7.59. The second-order valence-electron chi connectivity index (χ2n) is 7.87. The van der Waals surface area contributed by atoms with Crippen LogP contribution < -0.4 is 20.4 Å². The van der Waals surface area contributed by atoms with E-state index in [4.69, 9.17) is 9.72 Å². The normalized spacial score (nSPS) is 23.8. The van der Waals surface area contributed by atoms with Crippen LogP contribution >= 0.6 is 0 Å². The summed E-state index contributed by atoms with van der Waals surface area (Å²) in [4.78, 5) is 13.2. The first kappa shape index (κ1) is 19.4. The molecule has 7 nitrogen and oxygen atoms in total. The topological polar surface area (TPSA) is 65.5 Å². The molecule has 5 rings (SSSR count). The molecule has 3 fully saturated rings. The molecule has 2 aromatic heterocycles. The van der Waals surface area contributed by atoms with Crippen LogP contribution in [0, 0.1) is 0 Å². The van der Waals surface area contributed by atoms with E-state index < -0.39 is 11.7 Å². The van der Waals surface area contributed by atoms with E-state index in [0.717, 1.165) is 56.4 Å². The number of ether oxygens (including phenoxy) is 1. The van der Waals surface area contributed by atoms with Crippen molar-refractivity contribution >= 4 is 23.1 Å². The summed E-state index contributed by atoms with van der Waals surface area (Å²) < 4.78 is 43.9. The Balaban J connectivity index is 1.43. The van der Waals surface area contributed by atoms with E-state index in [1.54, 1.807) is 0 Å². The van der Waals surface area contributed by atoms with Crippen LogP contribution in [0.15, 0.2) is 30.5 Å². The molecule has 3 aliphatic rings. The van der Waals surface area contributed by atoms with Gasteiger partial charge in [0.2, 0.25) is 0 Å². The van der Waals surface area contributed by atoms with Gasteiger partial charge in [0.05, 0.1) is 18.8 Å². The Kier molecular flexibility index (Phi) is 4.90. The maximum absolute atomic E-state index is 12.8. The number of nitrogens with one attached hydrogen (secondary N) is 2. The lowest BCUT2D eigenvalue weighted by molar-refractivity contribution is -0.137. The average molecular weight is 420 g/mol. The molecule has 3 aliphatic heterocycles. The molecule has 2 aromatic rings. The lowest BCUT2D eigenvalue weighted by Crippen LogP contribution is -2.43. The lowest BCUT2D eigenvalue weighted by atomic mass is 10.2.